The molecule has 0 atom stereocenters. The van der Waals surface area contributed by atoms with Gasteiger partial charge in [-0.2, -0.15) is 0 Å². The average molecular weight is 402 g/mol. The molecule has 6 nitrogen and oxygen atoms in total. The monoisotopic (exact) mass is 401 g/mol. The molecular weight excluding hydrogens is 386 g/mol. The smallest absolute Gasteiger partial charge is 0.261 e. The number of carbonyl (C=O) groups excluding carboxylic acids is 3. The highest BCUT2D eigenvalue weighted by Crippen LogP contribution is 2.26. The van der Waals surface area contributed by atoms with Gasteiger partial charge in [0.25, 0.3) is 11.8 Å². The fourth-order valence-electron chi connectivity index (χ4n) is 2.72. The number of nitrogens with zero attached hydrogens (tertiary/aromatic N) is 3. The van der Waals surface area contributed by atoms with Gasteiger partial charge in [-0.25, -0.2) is 0 Å². The van der Waals surface area contributed by atoms with E-state index in [2.05, 4.69) is 20.9 Å². The van der Waals surface area contributed by atoms with E-state index in [0.717, 1.165) is 14.9 Å². The SMILES string of the molecule is CN(Cc1cccnc1)C(=O)CCN1C(=O)c2ccc(Br)cc2C1=O. The summed E-state index contributed by atoms with van der Waals surface area (Å²) in [5.74, 6) is -0.846. The van der Waals surface area contributed by atoms with Crippen LogP contribution in [0.1, 0.15) is 32.7 Å². The van der Waals surface area contributed by atoms with Crippen molar-refractivity contribution >= 4 is 33.7 Å². The summed E-state index contributed by atoms with van der Waals surface area (Å²) >= 11 is 3.30. The van der Waals surface area contributed by atoms with Gasteiger partial charge in [0, 0.05) is 43.4 Å². The molecule has 0 saturated heterocycles. The van der Waals surface area contributed by atoms with Crippen molar-refractivity contribution in [1.29, 1.82) is 0 Å². The van der Waals surface area contributed by atoms with Crippen LogP contribution in [0.3, 0.4) is 0 Å². The molecule has 0 aliphatic carbocycles. The van der Waals surface area contributed by atoms with Crippen molar-refractivity contribution in [2.24, 2.45) is 0 Å². The van der Waals surface area contributed by atoms with Gasteiger partial charge in [0.05, 0.1) is 11.1 Å². The van der Waals surface area contributed by atoms with Crippen LogP contribution in [0, 0.1) is 0 Å². The minimum absolute atomic E-state index is 0.0696. The maximum absolute atomic E-state index is 12.4. The third-order valence-corrected chi connectivity index (χ3v) is 4.54. The number of imide groups is 1. The standard InChI is InChI=1S/C18H16BrN3O3/c1-21(11-12-3-2-7-20-10-12)16(23)6-8-22-17(24)14-5-4-13(19)9-15(14)18(22)25/h2-5,7,9-10H,6,8,11H2,1H3. The van der Waals surface area contributed by atoms with Crippen LogP contribution in [0.2, 0.25) is 0 Å². The molecule has 0 spiro atoms. The third-order valence-electron chi connectivity index (χ3n) is 4.05. The van der Waals surface area contributed by atoms with Crippen LogP contribution < -0.4 is 0 Å². The Morgan fingerprint density at radius 1 is 1.20 bits per heavy atom. The molecule has 3 amide bonds. The maximum atomic E-state index is 12.4. The van der Waals surface area contributed by atoms with Gasteiger partial charge in [0.15, 0.2) is 0 Å². The number of hydrogen-bond donors (Lipinski definition) is 0. The van der Waals surface area contributed by atoms with Crippen molar-refractivity contribution in [2.45, 2.75) is 13.0 Å². The summed E-state index contributed by atoms with van der Waals surface area (Å²) in [5, 5.41) is 0. The van der Waals surface area contributed by atoms with Gasteiger partial charge in [-0.15, -0.1) is 0 Å². The molecule has 1 aliphatic heterocycles. The lowest BCUT2D eigenvalue weighted by atomic mass is 10.1. The molecule has 0 fully saturated rings. The first kappa shape index (κ1) is 17.3. The van der Waals surface area contributed by atoms with Crippen LogP contribution in [0.25, 0.3) is 0 Å². The summed E-state index contributed by atoms with van der Waals surface area (Å²) < 4.78 is 0.738. The molecule has 0 bridgehead atoms. The number of fused-ring (bicyclic) bond motifs is 1. The van der Waals surface area contributed by atoms with E-state index in [1.165, 1.54) is 0 Å². The van der Waals surface area contributed by atoms with E-state index in [-0.39, 0.29) is 30.7 Å². The number of halogens is 1. The molecule has 7 heteroatoms. The fourth-order valence-corrected chi connectivity index (χ4v) is 3.08. The summed E-state index contributed by atoms with van der Waals surface area (Å²) in [4.78, 5) is 43.7. The number of pyridine rings is 1. The van der Waals surface area contributed by atoms with Crippen molar-refractivity contribution in [2.75, 3.05) is 13.6 Å². The average Bonchev–Trinajstić information content (AvgIpc) is 2.84. The first-order valence-electron chi connectivity index (χ1n) is 7.76. The molecule has 25 heavy (non-hydrogen) atoms. The van der Waals surface area contributed by atoms with Gasteiger partial charge < -0.3 is 4.90 Å². The summed E-state index contributed by atoms with van der Waals surface area (Å²) in [6.07, 6.45) is 3.46. The van der Waals surface area contributed by atoms with Crippen molar-refractivity contribution in [3.8, 4) is 0 Å². The van der Waals surface area contributed by atoms with Crippen molar-refractivity contribution in [3.63, 3.8) is 0 Å². The van der Waals surface area contributed by atoms with E-state index in [4.69, 9.17) is 0 Å². The molecule has 0 saturated carbocycles. The zero-order valence-electron chi connectivity index (χ0n) is 13.6. The van der Waals surface area contributed by atoms with E-state index < -0.39 is 0 Å². The number of benzene rings is 1. The minimum atomic E-state index is -0.357. The number of amides is 3. The predicted molar refractivity (Wildman–Crippen MR) is 94.8 cm³/mol. The Hall–Kier alpha value is -2.54. The van der Waals surface area contributed by atoms with Gasteiger partial charge in [0.2, 0.25) is 5.91 Å². The van der Waals surface area contributed by atoms with E-state index >= 15 is 0 Å². The van der Waals surface area contributed by atoms with E-state index in [1.807, 2.05) is 12.1 Å². The molecule has 128 valence electrons. The van der Waals surface area contributed by atoms with Crippen molar-refractivity contribution in [1.82, 2.24) is 14.8 Å². The van der Waals surface area contributed by atoms with Crippen LogP contribution in [-0.4, -0.2) is 46.1 Å². The summed E-state index contributed by atoms with van der Waals surface area (Å²) in [6.45, 7) is 0.502. The second-order valence-electron chi connectivity index (χ2n) is 5.81. The Kier molecular flexibility index (Phi) is 4.94. The van der Waals surface area contributed by atoms with Gasteiger partial charge in [0.1, 0.15) is 0 Å². The second-order valence-corrected chi connectivity index (χ2v) is 6.73. The quantitative estimate of drug-likeness (QED) is 0.721. The number of aromatic nitrogens is 1. The lowest BCUT2D eigenvalue weighted by Gasteiger charge is -2.19. The number of hydrogen-bond acceptors (Lipinski definition) is 4. The first-order valence-corrected chi connectivity index (χ1v) is 8.55. The normalized spacial score (nSPS) is 13.1. The molecule has 2 aromatic rings. The van der Waals surface area contributed by atoms with Crippen LogP contribution in [0.5, 0.6) is 0 Å². The molecule has 1 aromatic heterocycles. The molecule has 1 aromatic carbocycles. The zero-order chi connectivity index (χ0) is 18.0. The van der Waals surface area contributed by atoms with E-state index in [9.17, 15) is 14.4 Å². The fraction of sp³-hybridized carbons (Fsp3) is 0.222. The number of rotatable bonds is 5. The molecular formula is C18H16BrN3O3. The van der Waals surface area contributed by atoms with Crippen molar-refractivity contribution in [3.05, 3.63) is 63.9 Å². The van der Waals surface area contributed by atoms with Crippen LogP contribution in [-0.2, 0) is 11.3 Å². The van der Waals surface area contributed by atoms with Gasteiger partial charge in [-0.1, -0.05) is 22.0 Å². The Morgan fingerprint density at radius 2 is 1.96 bits per heavy atom. The van der Waals surface area contributed by atoms with Gasteiger partial charge in [-0.3, -0.25) is 24.3 Å². The zero-order valence-corrected chi connectivity index (χ0v) is 15.2. The Bertz CT molecular complexity index is 839. The lowest BCUT2D eigenvalue weighted by Crippen LogP contribution is -2.35. The summed E-state index contributed by atoms with van der Waals surface area (Å²) in [6, 6.07) is 8.67. The Balaban J connectivity index is 1.61. The van der Waals surface area contributed by atoms with E-state index in [1.54, 1.807) is 42.5 Å². The molecule has 0 radical (unpaired) electrons. The molecule has 1 aliphatic rings. The Morgan fingerprint density at radius 3 is 2.68 bits per heavy atom. The highest BCUT2D eigenvalue weighted by molar-refractivity contribution is 9.10. The molecule has 2 heterocycles. The molecule has 3 rings (SSSR count). The maximum Gasteiger partial charge on any atom is 0.261 e. The highest BCUT2D eigenvalue weighted by Gasteiger charge is 2.35. The number of carbonyl (C=O) groups is 3. The lowest BCUT2D eigenvalue weighted by molar-refractivity contribution is -0.130. The van der Waals surface area contributed by atoms with Gasteiger partial charge >= 0.3 is 0 Å². The molecule has 0 N–H and O–H groups in total. The third kappa shape index (κ3) is 3.61. The largest absolute Gasteiger partial charge is 0.341 e. The molecule has 0 unspecified atom stereocenters. The predicted octanol–water partition coefficient (Wildman–Crippen LogP) is 2.49. The first-order chi connectivity index (χ1) is 12.0. The van der Waals surface area contributed by atoms with Crippen molar-refractivity contribution < 1.29 is 14.4 Å². The highest BCUT2D eigenvalue weighted by atomic mass is 79.9. The van der Waals surface area contributed by atoms with Crippen LogP contribution >= 0.6 is 15.9 Å². The van der Waals surface area contributed by atoms with Crippen LogP contribution in [0.4, 0.5) is 0 Å². The second kappa shape index (κ2) is 7.14. The Labute approximate surface area is 153 Å². The van der Waals surface area contributed by atoms with E-state index in [0.29, 0.717) is 17.7 Å². The minimum Gasteiger partial charge on any atom is -0.341 e. The topological polar surface area (TPSA) is 70.6 Å². The van der Waals surface area contributed by atoms with Gasteiger partial charge in [-0.05, 0) is 29.8 Å². The summed E-state index contributed by atoms with van der Waals surface area (Å²) in [7, 11) is 1.69. The van der Waals surface area contributed by atoms with Crippen LogP contribution in [0.15, 0.2) is 47.2 Å². The summed E-state index contributed by atoms with van der Waals surface area (Å²) in [5.41, 5.74) is 1.67.